The zero-order valence-corrected chi connectivity index (χ0v) is 27.3. The molecule has 4 nitrogen and oxygen atoms in total. The fourth-order valence-corrected chi connectivity index (χ4v) is 11.2. The van der Waals surface area contributed by atoms with Gasteiger partial charge in [-0.2, -0.15) is 0 Å². The molecule has 0 saturated heterocycles. The van der Waals surface area contributed by atoms with Crippen molar-refractivity contribution < 1.29 is 0 Å². The Morgan fingerprint density at radius 3 is 1.57 bits per heavy atom. The van der Waals surface area contributed by atoms with Crippen molar-refractivity contribution in [3.63, 3.8) is 0 Å². The Morgan fingerprint density at radius 1 is 0.347 bits per heavy atom. The van der Waals surface area contributed by atoms with Gasteiger partial charge in [0.15, 0.2) is 17.5 Å². The van der Waals surface area contributed by atoms with Gasteiger partial charge in [0, 0.05) is 42.5 Å². The molecule has 0 radical (unpaired) electrons. The van der Waals surface area contributed by atoms with Crippen molar-refractivity contribution >= 4 is 10.0 Å². The lowest BCUT2D eigenvalue weighted by atomic mass is 9.91. The molecule has 0 saturated carbocycles. The Morgan fingerprint density at radius 2 is 0.878 bits per heavy atom. The van der Waals surface area contributed by atoms with Crippen molar-refractivity contribution in [3.05, 3.63) is 182 Å². The van der Waals surface area contributed by atoms with E-state index in [0.717, 1.165) is 22.3 Å². The van der Waals surface area contributed by atoms with E-state index in [9.17, 15) is 0 Å². The maximum absolute atomic E-state index is 5.10. The zero-order chi connectivity index (χ0) is 32.6. The molecule has 0 aliphatic carbocycles. The Labute approximate surface area is 287 Å². The van der Waals surface area contributed by atoms with Gasteiger partial charge in [-0.15, -0.1) is 10.0 Å². The summed E-state index contributed by atoms with van der Waals surface area (Å²) >= 11 is 0. The summed E-state index contributed by atoms with van der Waals surface area (Å²) < 4.78 is 0. The summed E-state index contributed by atoms with van der Waals surface area (Å²) in [6, 6.07) is 62.2. The van der Waals surface area contributed by atoms with E-state index in [1.807, 2.05) is 48.5 Å². The fraction of sp³-hybridized carbons (Fsp3) is 0. The van der Waals surface area contributed by atoms with Gasteiger partial charge in [0.25, 0.3) is 0 Å². The molecule has 0 atom stereocenters. The van der Waals surface area contributed by atoms with Gasteiger partial charge >= 0.3 is 0 Å². The number of nitrogens with zero attached hydrogens (tertiary/aromatic N) is 4. The van der Waals surface area contributed by atoms with Crippen molar-refractivity contribution in [2.24, 2.45) is 0 Å². The number of benzene rings is 6. The van der Waals surface area contributed by atoms with Crippen LogP contribution in [0.5, 0.6) is 0 Å². The molecule has 1 aliphatic heterocycles. The molecule has 0 N–H and O–H groups in total. The fourth-order valence-electron chi connectivity index (χ4n) is 6.98. The van der Waals surface area contributed by atoms with E-state index >= 15 is 0 Å². The van der Waals surface area contributed by atoms with Crippen LogP contribution in [0.1, 0.15) is 0 Å². The van der Waals surface area contributed by atoms with Gasteiger partial charge in [-0.25, -0.2) is 15.0 Å². The minimum atomic E-state index is -1.78. The second-order valence-corrected chi connectivity index (χ2v) is 14.9. The highest BCUT2D eigenvalue weighted by molar-refractivity contribution is 8.34. The molecule has 0 bridgehead atoms. The van der Waals surface area contributed by atoms with E-state index in [0.29, 0.717) is 23.2 Å². The predicted molar refractivity (Wildman–Crippen MR) is 198 cm³/mol. The van der Waals surface area contributed by atoms with Crippen molar-refractivity contribution in [1.82, 2.24) is 19.9 Å². The largest absolute Gasteiger partial charge is 0.253 e. The van der Waals surface area contributed by atoms with Gasteiger partial charge in [0.2, 0.25) is 0 Å². The molecule has 49 heavy (non-hydrogen) atoms. The van der Waals surface area contributed by atoms with Crippen molar-refractivity contribution in [3.8, 4) is 56.5 Å². The number of hydrogen-bond acceptors (Lipinski definition) is 4. The van der Waals surface area contributed by atoms with Crippen LogP contribution < -0.4 is 0 Å². The van der Waals surface area contributed by atoms with Crippen LogP contribution in [0.4, 0.5) is 0 Å². The smallest absolute Gasteiger partial charge is 0.182 e. The Kier molecular flexibility index (Phi) is 7.18. The third-order valence-corrected chi connectivity index (χ3v) is 13.0. The minimum absolute atomic E-state index is 0.541. The van der Waals surface area contributed by atoms with E-state index in [1.165, 1.54) is 30.7 Å². The quantitative estimate of drug-likeness (QED) is 0.180. The molecular formula is C44H30N4S. The molecule has 8 aromatic rings. The van der Waals surface area contributed by atoms with Crippen LogP contribution in [0.25, 0.3) is 56.5 Å². The molecule has 2 aromatic heterocycles. The molecule has 232 valence electrons. The Bertz CT molecular complexity index is 2340. The first-order chi connectivity index (χ1) is 24.3. The summed E-state index contributed by atoms with van der Waals surface area (Å²) in [5.74, 6) is 1.76. The lowest BCUT2D eigenvalue weighted by Gasteiger charge is -2.39. The summed E-state index contributed by atoms with van der Waals surface area (Å²) in [7, 11) is -1.78. The lowest BCUT2D eigenvalue weighted by Crippen LogP contribution is -2.02. The van der Waals surface area contributed by atoms with Crippen LogP contribution in [-0.2, 0) is 0 Å². The Balaban J connectivity index is 1.32. The van der Waals surface area contributed by atoms with Crippen LogP contribution in [0.15, 0.2) is 202 Å². The number of pyridine rings is 1. The van der Waals surface area contributed by atoms with Crippen LogP contribution in [0.2, 0.25) is 0 Å². The highest BCUT2D eigenvalue weighted by Crippen LogP contribution is 2.80. The second-order valence-electron chi connectivity index (χ2n) is 11.8. The lowest BCUT2D eigenvalue weighted by molar-refractivity contribution is 1.06. The summed E-state index contributed by atoms with van der Waals surface area (Å²) in [6.07, 6.45) is 1.77. The first-order valence-electron chi connectivity index (χ1n) is 16.3. The van der Waals surface area contributed by atoms with Gasteiger partial charge in [-0.3, -0.25) is 4.98 Å². The van der Waals surface area contributed by atoms with Crippen LogP contribution >= 0.6 is 10.0 Å². The van der Waals surface area contributed by atoms with Gasteiger partial charge in [0.1, 0.15) is 5.69 Å². The molecule has 0 unspecified atom stereocenters. The third kappa shape index (κ3) is 4.78. The van der Waals surface area contributed by atoms with Crippen molar-refractivity contribution in [2.45, 2.75) is 19.6 Å². The standard InChI is InChI=1S/C44H30N4S/c1-4-17-31(18-5-1)42-46-43(48-44(47-42)38-27-14-15-30-45-38)36-24-11-10-23-34(36)35-26-16-29-40-41(35)37-25-12-13-28-39(37)49(40,32-19-6-2-7-20-32)33-21-8-3-9-22-33/h1-30H. The van der Waals surface area contributed by atoms with Gasteiger partial charge in [-0.05, 0) is 65.2 Å². The summed E-state index contributed by atoms with van der Waals surface area (Å²) in [6.45, 7) is 0. The number of aromatic nitrogens is 4. The number of hydrogen-bond donors (Lipinski definition) is 0. The summed E-state index contributed by atoms with van der Waals surface area (Å²) in [5, 5.41) is 0. The van der Waals surface area contributed by atoms with Gasteiger partial charge in [0.05, 0.1) is 0 Å². The van der Waals surface area contributed by atoms with Crippen LogP contribution in [0.3, 0.4) is 0 Å². The molecule has 5 heteroatoms. The highest BCUT2D eigenvalue weighted by atomic mass is 32.3. The topological polar surface area (TPSA) is 51.6 Å². The normalized spacial score (nSPS) is 13.3. The maximum Gasteiger partial charge on any atom is 0.182 e. The summed E-state index contributed by atoms with van der Waals surface area (Å²) in [4.78, 5) is 25.0. The van der Waals surface area contributed by atoms with E-state index in [4.69, 9.17) is 15.0 Å². The maximum atomic E-state index is 5.10. The second kappa shape index (κ2) is 12.1. The van der Waals surface area contributed by atoms with Crippen molar-refractivity contribution in [2.75, 3.05) is 0 Å². The average molecular weight is 647 g/mol. The molecule has 0 amide bonds. The molecule has 0 fully saturated rings. The SMILES string of the molecule is c1ccc(-c2nc(-c3ccccn3)nc(-c3ccccc3-c3cccc4c3-c3ccccc3S4(c3ccccc3)c3ccccc3)n2)cc1. The number of rotatable bonds is 6. The molecule has 0 spiro atoms. The van der Waals surface area contributed by atoms with Gasteiger partial charge < -0.3 is 0 Å². The van der Waals surface area contributed by atoms with Crippen molar-refractivity contribution in [1.29, 1.82) is 0 Å². The number of fused-ring (bicyclic) bond motifs is 3. The molecule has 3 heterocycles. The monoisotopic (exact) mass is 646 g/mol. The van der Waals surface area contributed by atoms with Crippen LogP contribution in [0, 0.1) is 0 Å². The summed E-state index contributed by atoms with van der Waals surface area (Å²) in [5.41, 5.74) is 7.32. The van der Waals surface area contributed by atoms with E-state index in [-0.39, 0.29) is 0 Å². The van der Waals surface area contributed by atoms with Crippen LogP contribution in [-0.4, -0.2) is 19.9 Å². The average Bonchev–Trinajstić information content (AvgIpc) is 3.50. The van der Waals surface area contributed by atoms with E-state index in [1.54, 1.807) is 6.20 Å². The predicted octanol–water partition coefficient (Wildman–Crippen LogP) is 11.3. The minimum Gasteiger partial charge on any atom is -0.253 e. The molecule has 9 rings (SSSR count). The third-order valence-electron chi connectivity index (χ3n) is 9.06. The molecular weight excluding hydrogens is 617 g/mol. The van der Waals surface area contributed by atoms with E-state index < -0.39 is 10.0 Å². The van der Waals surface area contributed by atoms with Gasteiger partial charge in [-0.1, -0.05) is 127 Å². The van der Waals surface area contributed by atoms with E-state index in [2.05, 4.69) is 132 Å². The molecule has 6 aromatic carbocycles. The first-order valence-corrected chi connectivity index (χ1v) is 17.9. The zero-order valence-electron chi connectivity index (χ0n) is 26.5. The first kappa shape index (κ1) is 29.0. The molecule has 1 aliphatic rings. The highest BCUT2D eigenvalue weighted by Gasteiger charge is 2.43. The Hall–Kier alpha value is -6.17.